The van der Waals surface area contributed by atoms with Gasteiger partial charge in [-0.1, -0.05) is 41.1 Å². The van der Waals surface area contributed by atoms with Gasteiger partial charge in [-0.2, -0.15) is 0 Å². The van der Waals surface area contributed by atoms with Gasteiger partial charge >= 0.3 is 0 Å². The van der Waals surface area contributed by atoms with Gasteiger partial charge in [0.05, 0.1) is 6.54 Å². The largest absolute Gasteiger partial charge is 0.296 e. The molecule has 0 saturated carbocycles. The van der Waals surface area contributed by atoms with E-state index in [1.807, 2.05) is 31.3 Å². The fourth-order valence-corrected chi connectivity index (χ4v) is 1.97. The zero-order valence-corrected chi connectivity index (χ0v) is 11.6. The highest BCUT2D eigenvalue weighted by atomic mass is 79.9. The predicted molar refractivity (Wildman–Crippen MR) is 70.9 cm³/mol. The van der Waals surface area contributed by atoms with Gasteiger partial charge in [0.15, 0.2) is 5.78 Å². The Hall–Kier alpha value is -0.670. The first-order chi connectivity index (χ1) is 7.56. The Kier molecular flexibility index (Phi) is 5.16. The van der Waals surface area contributed by atoms with Crippen molar-refractivity contribution in [3.8, 4) is 0 Å². The fourth-order valence-electron chi connectivity index (χ4n) is 1.47. The zero-order chi connectivity index (χ0) is 12.1. The molecule has 0 bridgehead atoms. The third kappa shape index (κ3) is 3.42. The van der Waals surface area contributed by atoms with Crippen LogP contribution in [0.25, 0.3) is 0 Å². The monoisotopic (exact) mass is 283 g/mol. The van der Waals surface area contributed by atoms with Crippen molar-refractivity contribution in [2.75, 3.05) is 13.6 Å². The summed E-state index contributed by atoms with van der Waals surface area (Å²) in [5.74, 6) is 0.162. The van der Waals surface area contributed by atoms with E-state index in [-0.39, 0.29) is 5.78 Å². The second-order valence-electron chi connectivity index (χ2n) is 4.08. The van der Waals surface area contributed by atoms with Crippen LogP contribution in [0.1, 0.15) is 30.6 Å². The number of nitrogens with zero attached hydrogens (tertiary/aromatic N) is 1. The van der Waals surface area contributed by atoms with Crippen molar-refractivity contribution in [1.82, 2.24) is 4.90 Å². The van der Waals surface area contributed by atoms with Crippen LogP contribution in [-0.2, 0) is 0 Å². The van der Waals surface area contributed by atoms with Crippen molar-refractivity contribution in [2.24, 2.45) is 0 Å². The minimum atomic E-state index is 0.162. The molecule has 3 heteroatoms. The Morgan fingerprint density at radius 1 is 1.44 bits per heavy atom. The van der Waals surface area contributed by atoms with Crippen LogP contribution in [0, 0.1) is 0 Å². The molecule has 88 valence electrons. The first-order valence-electron chi connectivity index (χ1n) is 5.54. The number of benzene rings is 1. The molecule has 2 nitrogen and oxygen atoms in total. The summed E-state index contributed by atoms with van der Waals surface area (Å²) in [5.41, 5.74) is 0.762. The lowest BCUT2D eigenvalue weighted by atomic mass is 10.1. The molecule has 0 aliphatic carbocycles. The van der Waals surface area contributed by atoms with E-state index in [0.717, 1.165) is 16.5 Å². The molecule has 1 aromatic carbocycles. The van der Waals surface area contributed by atoms with E-state index >= 15 is 0 Å². The zero-order valence-electron chi connectivity index (χ0n) is 10.0. The maximum Gasteiger partial charge on any atom is 0.177 e. The van der Waals surface area contributed by atoms with Crippen LogP contribution in [-0.4, -0.2) is 30.3 Å². The molecule has 0 saturated heterocycles. The van der Waals surface area contributed by atoms with Crippen molar-refractivity contribution < 1.29 is 4.79 Å². The molecule has 1 rings (SSSR count). The van der Waals surface area contributed by atoms with Crippen LogP contribution >= 0.6 is 15.9 Å². The number of ketones is 1. The molecule has 0 N–H and O–H groups in total. The van der Waals surface area contributed by atoms with E-state index in [0.29, 0.717) is 12.6 Å². The maximum absolute atomic E-state index is 12.0. The van der Waals surface area contributed by atoms with E-state index in [9.17, 15) is 4.79 Å². The summed E-state index contributed by atoms with van der Waals surface area (Å²) in [6.45, 7) is 4.73. The highest BCUT2D eigenvalue weighted by molar-refractivity contribution is 9.10. The van der Waals surface area contributed by atoms with Gasteiger partial charge in [0.2, 0.25) is 0 Å². The Bertz CT molecular complexity index is 365. The van der Waals surface area contributed by atoms with E-state index in [1.165, 1.54) is 0 Å². The SMILES string of the molecule is CCC(C)N(C)CC(=O)c1ccccc1Br. The number of Topliss-reactive ketones (excluding diaryl/α,β-unsaturated/α-hetero) is 1. The third-order valence-electron chi connectivity index (χ3n) is 2.91. The van der Waals surface area contributed by atoms with Crippen molar-refractivity contribution >= 4 is 21.7 Å². The van der Waals surface area contributed by atoms with Crippen molar-refractivity contribution in [3.05, 3.63) is 34.3 Å². The van der Waals surface area contributed by atoms with Crippen molar-refractivity contribution in [1.29, 1.82) is 0 Å². The average Bonchev–Trinajstić information content (AvgIpc) is 2.28. The summed E-state index contributed by atoms with van der Waals surface area (Å²) in [4.78, 5) is 14.1. The average molecular weight is 284 g/mol. The standard InChI is InChI=1S/C13H18BrNO/c1-4-10(2)15(3)9-13(16)11-7-5-6-8-12(11)14/h5-8,10H,4,9H2,1-3H3. The molecule has 1 aromatic rings. The number of carbonyl (C=O) groups is 1. The molecule has 1 atom stereocenters. The van der Waals surface area contributed by atoms with E-state index in [1.54, 1.807) is 0 Å². The van der Waals surface area contributed by atoms with Crippen molar-refractivity contribution in [2.45, 2.75) is 26.3 Å². The van der Waals surface area contributed by atoms with Crippen LogP contribution < -0.4 is 0 Å². The minimum absolute atomic E-state index is 0.162. The van der Waals surface area contributed by atoms with Gasteiger partial charge in [-0.25, -0.2) is 0 Å². The lowest BCUT2D eigenvalue weighted by Gasteiger charge is -2.22. The smallest absolute Gasteiger partial charge is 0.177 e. The second kappa shape index (κ2) is 6.16. The van der Waals surface area contributed by atoms with Gasteiger partial charge in [0.25, 0.3) is 0 Å². The second-order valence-corrected chi connectivity index (χ2v) is 4.93. The molecule has 0 heterocycles. The molecular weight excluding hydrogens is 266 g/mol. The molecule has 0 spiro atoms. The molecule has 1 unspecified atom stereocenters. The van der Waals surface area contributed by atoms with Gasteiger partial charge in [0.1, 0.15) is 0 Å². The topological polar surface area (TPSA) is 20.3 Å². The summed E-state index contributed by atoms with van der Waals surface area (Å²) >= 11 is 3.40. The number of likely N-dealkylation sites (N-methyl/N-ethyl adjacent to an activating group) is 1. The Balaban J connectivity index is 2.70. The van der Waals surface area contributed by atoms with Crippen LogP contribution in [0.5, 0.6) is 0 Å². The molecule has 0 aliphatic rings. The minimum Gasteiger partial charge on any atom is -0.296 e. The number of hydrogen-bond acceptors (Lipinski definition) is 2. The molecule has 0 aliphatic heterocycles. The van der Waals surface area contributed by atoms with E-state index in [4.69, 9.17) is 0 Å². The van der Waals surface area contributed by atoms with Gasteiger partial charge in [-0.05, 0) is 26.5 Å². The maximum atomic E-state index is 12.0. The lowest BCUT2D eigenvalue weighted by Crippen LogP contribution is -2.33. The van der Waals surface area contributed by atoms with E-state index in [2.05, 4.69) is 34.7 Å². The van der Waals surface area contributed by atoms with E-state index < -0.39 is 0 Å². The lowest BCUT2D eigenvalue weighted by molar-refractivity contribution is 0.0922. The fraction of sp³-hybridized carbons (Fsp3) is 0.462. The number of rotatable bonds is 5. The normalized spacial score (nSPS) is 12.8. The molecule has 0 amide bonds. The summed E-state index contributed by atoms with van der Waals surface area (Å²) in [6, 6.07) is 8.00. The summed E-state index contributed by atoms with van der Waals surface area (Å²) in [6.07, 6.45) is 1.06. The molecular formula is C13H18BrNO. The third-order valence-corrected chi connectivity index (χ3v) is 3.60. The van der Waals surface area contributed by atoms with Gasteiger partial charge in [-0.3, -0.25) is 9.69 Å². The molecule has 16 heavy (non-hydrogen) atoms. The number of carbonyl (C=O) groups excluding carboxylic acids is 1. The van der Waals surface area contributed by atoms with Gasteiger partial charge < -0.3 is 0 Å². The highest BCUT2D eigenvalue weighted by Gasteiger charge is 2.14. The van der Waals surface area contributed by atoms with Crippen molar-refractivity contribution in [3.63, 3.8) is 0 Å². The van der Waals surface area contributed by atoms with Crippen LogP contribution in [0.3, 0.4) is 0 Å². The molecule has 0 fully saturated rings. The predicted octanol–water partition coefficient (Wildman–Crippen LogP) is 3.36. The van der Waals surface area contributed by atoms with Crippen LogP contribution in [0.4, 0.5) is 0 Å². The Morgan fingerprint density at radius 3 is 2.62 bits per heavy atom. The summed E-state index contributed by atoms with van der Waals surface area (Å²) in [7, 11) is 1.99. The van der Waals surface area contributed by atoms with Gasteiger partial charge in [0, 0.05) is 16.1 Å². The quantitative estimate of drug-likeness (QED) is 0.773. The first kappa shape index (κ1) is 13.4. The Labute approximate surface area is 106 Å². The highest BCUT2D eigenvalue weighted by Crippen LogP contribution is 2.17. The van der Waals surface area contributed by atoms with Crippen LogP contribution in [0.15, 0.2) is 28.7 Å². The van der Waals surface area contributed by atoms with Crippen LogP contribution in [0.2, 0.25) is 0 Å². The summed E-state index contributed by atoms with van der Waals surface area (Å²) in [5, 5.41) is 0. The first-order valence-corrected chi connectivity index (χ1v) is 6.33. The number of hydrogen-bond donors (Lipinski definition) is 0. The number of halogens is 1. The van der Waals surface area contributed by atoms with Gasteiger partial charge in [-0.15, -0.1) is 0 Å². The molecule has 0 radical (unpaired) electrons. The summed E-state index contributed by atoms with van der Waals surface area (Å²) < 4.78 is 0.873. The Morgan fingerprint density at radius 2 is 2.06 bits per heavy atom. The molecule has 0 aromatic heterocycles.